The van der Waals surface area contributed by atoms with Crippen molar-refractivity contribution in [2.75, 3.05) is 13.1 Å². The Morgan fingerprint density at radius 1 is 1.00 bits per heavy atom. The highest BCUT2D eigenvalue weighted by molar-refractivity contribution is 4.81. The Morgan fingerprint density at radius 2 is 1.68 bits per heavy atom. The van der Waals surface area contributed by atoms with Crippen molar-refractivity contribution >= 4 is 0 Å². The number of hydrogen-bond acceptors (Lipinski definition) is 2. The summed E-state index contributed by atoms with van der Waals surface area (Å²) in [7, 11) is 0. The molecule has 1 aliphatic rings. The monoisotopic (exact) mass is 268 g/mol. The smallest absolute Gasteiger partial charge is 0.0221 e. The molecule has 0 aromatic rings. The van der Waals surface area contributed by atoms with Crippen LogP contribution in [-0.4, -0.2) is 30.1 Å². The Kier molecular flexibility index (Phi) is 9.54. The maximum Gasteiger partial charge on any atom is 0.0221 e. The lowest BCUT2D eigenvalue weighted by Crippen LogP contribution is -2.47. The largest absolute Gasteiger partial charge is 0.329 e. The summed E-state index contributed by atoms with van der Waals surface area (Å²) in [6.07, 6.45) is 15.3. The second-order valence-corrected chi connectivity index (χ2v) is 6.21. The highest BCUT2D eigenvalue weighted by Gasteiger charge is 2.25. The molecule has 1 unspecified atom stereocenters. The third-order valence-electron chi connectivity index (χ3n) is 4.79. The van der Waals surface area contributed by atoms with Crippen LogP contribution in [0.2, 0.25) is 0 Å². The van der Waals surface area contributed by atoms with Gasteiger partial charge in [-0.3, -0.25) is 4.90 Å². The van der Waals surface area contributed by atoms with E-state index >= 15 is 0 Å². The average molecular weight is 268 g/mol. The third-order valence-corrected chi connectivity index (χ3v) is 4.79. The molecule has 0 aromatic carbocycles. The van der Waals surface area contributed by atoms with Gasteiger partial charge in [0.1, 0.15) is 0 Å². The Hall–Kier alpha value is -0.0800. The van der Waals surface area contributed by atoms with Gasteiger partial charge in [-0.25, -0.2) is 0 Å². The molecule has 0 bridgehead atoms. The van der Waals surface area contributed by atoms with Gasteiger partial charge in [-0.2, -0.15) is 0 Å². The van der Waals surface area contributed by atoms with E-state index in [4.69, 9.17) is 5.73 Å². The quantitative estimate of drug-likeness (QED) is 0.598. The Bertz CT molecular complexity index is 199. The van der Waals surface area contributed by atoms with Gasteiger partial charge in [-0.15, -0.1) is 0 Å². The molecule has 2 nitrogen and oxygen atoms in total. The van der Waals surface area contributed by atoms with Crippen LogP contribution in [0, 0.1) is 0 Å². The van der Waals surface area contributed by atoms with E-state index in [0.29, 0.717) is 6.04 Å². The highest BCUT2D eigenvalue weighted by Crippen LogP contribution is 2.25. The van der Waals surface area contributed by atoms with Crippen LogP contribution in [0.3, 0.4) is 0 Å². The van der Waals surface area contributed by atoms with Gasteiger partial charge in [0.25, 0.3) is 0 Å². The lowest BCUT2D eigenvalue weighted by atomic mass is 9.92. The lowest BCUT2D eigenvalue weighted by molar-refractivity contribution is 0.107. The van der Waals surface area contributed by atoms with Crippen LogP contribution in [0.5, 0.6) is 0 Å². The SMILES string of the molecule is CCCCCCCC(CN)N(CC)C1CCCCC1. The molecular formula is C17H36N2. The van der Waals surface area contributed by atoms with E-state index in [1.807, 2.05) is 0 Å². The van der Waals surface area contributed by atoms with Crippen molar-refractivity contribution in [2.45, 2.75) is 96.6 Å². The van der Waals surface area contributed by atoms with Crippen LogP contribution in [0.1, 0.15) is 84.5 Å². The van der Waals surface area contributed by atoms with E-state index in [1.54, 1.807) is 0 Å². The normalized spacial score (nSPS) is 18.9. The second kappa shape index (κ2) is 10.7. The average Bonchev–Trinajstić information content (AvgIpc) is 2.47. The van der Waals surface area contributed by atoms with Crippen molar-refractivity contribution in [1.29, 1.82) is 0 Å². The van der Waals surface area contributed by atoms with Gasteiger partial charge in [-0.05, 0) is 25.8 Å². The number of nitrogens with zero attached hydrogens (tertiary/aromatic N) is 1. The molecule has 0 aliphatic heterocycles. The molecule has 114 valence electrons. The first-order valence-electron chi connectivity index (χ1n) is 8.79. The molecule has 2 heteroatoms. The minimum absolute atomic E-state index is 0.634. The number of hydrogen-bond donors (Lipinski definition) is 1. The van der Waals surface area contributed by atoms with Crippen molar-refractivity contribution in [3.05, 3.63) is 0 Å². The van der Waals surface area contributed by atoms with E-state index in [1.165, 1.54) is 77.2 Å². The van der Waals surface area contributed by atoms with Crippen molar-refractivity contribution < 1.29 is 0 Å². The molecule has 0 heterocycles. The fourth-order valence-electron chi connectivity index (χ4n) is 3.63. The fourth-order valence-corrected chi connectivity index (χ4v) is 3.63. The first-order chi connectivity index (χ1) is 9.33. The van der Waals surface area contributed by atoms with Gasteiger partial charge in [0.2, 0.25) is 0 Å². The van der Waals surface area contributed by atoms with Crippen LogP contribution < -0.4 is 5.73 Å². The predicted octanol–water partition coefficient (Wildman–Crippen LogP) is 4.33. The molecule has 1 aliphatic carbocycles. The van der Waals surface area contributed by atoms with Gasteiger partial charge < -0.3 is 5.73 Å². The summed E-state index contributed by atoms with van der Waals surface area (Å²) in [6, 6.07) is 1.46. The zero-order valence-electron chi connectivity index (χ0n) is 13.4. The standard InChI is InChI=1S/C17H36N2/c1-3-5-6-7-9-14-17(15-18)19(4-2)16-12-10-8-11-13-16/h16-17H,3-15,18H2,1-2H3. The third kappa shape index (κ3) is 6.27. The van der Waals surface area contributed by atoms with Crippen molar-refractivity contribution in [3.63, 3.8) is 0 Å². The molecule has 1 rings (SSSR count). The Balaban J connectivity index is 2.32. The van der Waals surface area contributed by atoms with E-state index in [9.17, 15) is 0 Å². The summed E-state index contributed by atoms with van der Waals surface area (Å²) in [5.74, 6) is 0. The first-order valence-corrected chi connectivity index (χ1v) is 8.79. The van der Waals surface area contributed by atoms with E-state index < -0.39 is 0 Å². The van der Waals surface area contributed by atoms with Crippen LogP contribution in [0.15, 0.2) is 0 Å². The van der Waals surface area contributed by atoms with E-state index in [-0.39, 0.29) is 0 Å². The molecule has 0 radical (unpaired) electrons. The summed E-state index contributed by atoms with van der Waals surface area (Å²) in [4.78, 5) is 2.72. The van der Waals surface area contributed by atoms with Crippen LogP contribution >= 0.6 is 0 Å². The van der Waals surface area contributed by atoms with Gasteiger partial charge >= 0.3 is 0 Å². The maximum atomic E-state index is 6.06. The predicted molar refractivity (Wildman–Crippen MR) is 85.5 cm³/mol. The lowest BCUT2D eigenvalue weighted by Gasteiger charge is -2.39. The Morgan fingerprint density at radius 3 is 2.26 bits per heavy atom. The van der Waals surface area contributed by atoms with Crippen LogP contribution in [-0.2, 0) is 0 Å². The van der Waals surface area contributed by atoms with Gasteiger partial charge in [-0.1, -0.05) is 65.2 Å². The fraction of sp³-hybridized carbons (Fsp3) is 1.00. The molecular weight excluding hydrogens is 232 g/mol. The molecule has 2 N–H and O–H groups in total. The molecule has 0 saturated heterocycles. The topological polar surface area (TPSA) is 29.3 Å². The minimum atomic E-state index is 0.634. The van der Waals surface area contributed by atoms with Gasteiger partial charge in [0, 0.05) is 18.6 Å². The summed E-state index contributed by atoms with van der Waals surface area (Å²) >= 11 is 0. The molecule has 0 aromatic heterocycles. The zero-order valence-corrected chi connectivity index (χ0v) is 13.4. The molecule has 19 heavy (non-hydrogen) atoms. The summed E-state index contributed by atoms with van der Waals surface area (Å²) in [6.45, 7) is 6.62. The highest BCUT2D eigenvalue weighted by atomic mass is 15.2. The number of nitrogens with two attached hydrogens (primary N) is 1. The number of rotatable bonds is 10. The van der Waals surface area contributed by atoms with Crippen LogP contribution in [0.4, 0.5) is 0 Å². The summed E-state index contributed by atoms with van der Waals surface area (Å²) < 4.78 is 0. The first kappa shape index (κ1) is 17.0. The molecule has 0 amide bonds. The van der Waals surface area contributed by atoms with Gasteiger partial charge in [0.15, 0.2) is 0 Å². The second-order valence-electron chi connectivity index (χ2n) is 6.21. The minimum Gasteiger partial charge on any atom is -0.329 e. The molecule has 0 spiro atoms. The zero-order chi connectivity index (χ0) is 13.9. The molecule has 1 saturated carbocycles. The summed E-state index contributed by atoms with van der Waals surface area (Å²) in [5, 5.41) is 0. The number of unbranched alkanes of at least 4 members (excludes halogenated alkanes) is 4. The van der Waals surface area contributed by atoms with E-state index in [0.717, 1.165) is 12.6 Å². The van der Waals surface area contributed by atoms with E-state index in [2.05, 4.69) is 18.7 Å². The molecule has 1 atom stereocenters. The van der Waals surface area contributed by atoms with Crippen molar-refractivity contribution in [1.82, 2.24) is 4.90 Å². The van der Waals surface area contributed by atoms with Crippen LogP contribution in [0.25, 0.3) is 0 Å². The maximum absolute atomic E-state index is 6.06. The van der Waals surface area contributed by atoms with Crippen molar-refractivity contribution in [2.24, 2.45) is 5.73 Å². The Labute approximate surface area is 121 Å². The van der Waals surface area contributed by atoms with Gasteiger partial charge in [0.05, 0.1) is 0 Å². The summed E-state index contributed by atoms with van der Waals surface area (Å²) in [5.41, 5.74) is 6.06. The van der Waals surface area contributed by atoms with Crippen molar-refractivity contribution in [3.8, 4) is 0 Å². The number of likely N-dealkylation sites (N-methyl/N-ethyl adjacent to an activating group) is 1. The molecule has 1 fully saturated rings.